The molecule has 0 amide bonds. The maximum Gasteiger partial charge on any atom is 0.296 e. The molecular weight excluding hydrogens is 358 g/mol. The summed E-state index contributed by atoms with van der Waals surface area (Å²) in [5, 5.41) is 7.67. The normalized spacial score (nSPS) is 12.6. The van der Waals surface area contributed by atoms with Crippen molar-refractivity contribution in [3.8, 4) is 0 Å². The fourth-order valence-corrected chi connectivity index (χ4v) is 3.00. The van der Waals surface area contributed by atoms with E-state index in [1.54, 1.807) is 0 Å². The lowest BCUT2D eigenvalue weighted by Crippen LogP contribution is -2.02. The molecule has 0 aliphatic carbocycles. The van der Waals surface area contributed by atoms with Crippen LogP contribution < -0.4 is 5.73 Å². The monoisotopic (exact) mass is 371 g/mol. The summed E-state index contributed by atoms with van der Waals surface area (Å²) in [5.41, 5.74) is 5.83. The predicted octanol–water partition coefficient (Wildman–Crippen LogP) is 2.27. The maximum absolute atomic E-state index is 11.5. The van der Waals surface area contributed by atoms with Crippen molar-refractivity contribution in [1.82, 2.24) is 0 Å². The first-order valence-electron chi connectivity index (χ1n) is 6.33. The molecule has 0 aliphatic rings. The standard InChI is InChI=1S/C13H13N3O6S2/c1-22-24(20,21)11-5-2-9(3-6-11)15-16-10-4-7-12(14)13(8-10)23(17,18)19/h2-8H,14H2,1H3,(H,17,18,19). The first-order valence-corrected chi connectivity index (χ1v) is 9.18. The molecule has 0 spiro atoms. The second kappa shape index (κ2) is 6.65. The highest BCUT2D eigenvalue weighted by atomic mass is 32.2. The molecule has 0 fully saturated rings. The Morgan fingerprint density at radius 1 is 0.958 bits per heavy atom. The smallest absolute Gasteiger partial charge is 0.296 e. The van der Waals surface area contributed by atoms with E-state index in [4.69, 9.17) is 10.3 Å². The fraction of sp³-hybridized carbons (Fsp3) is 0.0769. The Labute approximate surface area is 138 Å². The molecule has 9 nitrogen and oxygen atoms in total. The van der Waals surface area contributed by atoms with Crippen molar-refractivity contribution in [2.45, 2.75) is 9.79 Å². The molecule has 0 atom stereocenters. The lowest BCUT2D eigenvalue weighted by Gasteiger charge is -2.03. The summed E-state index contributed by atoms with van der Waals surface area (Å²) >= 11 is 0. The van der Waals surface area contributed by atoms with Crippen LogP contribution in [-0.2, 0) is 24.4 Å². The Balaban J connectivity index is 2.29. The Bertz CT molecular complexity index is 983. The van der Waals surface area contributed by atoms with E-state index in [0.29, 0.717) is 5.69 Å². The summed E-state index contributed by atoms with van der Waals surface area (Å²) in [6, 6.07) is 9.13. The zero-order chi connectivity index (χ0) is 18.0. The van der Waals surface area contributed by atoms with E-state index >= 15 is 0 Å². The lowest BCUT2D eigenvalue weighted by atomic mass is 10.3. The van der Waals surface area contributed by atoms with Gasteiger partial charge in [-0.05, 0) is 42.5 Å². The zero-order valence-electron chi connectivity index (χ0n) is 12.3. The van der Waals surface area contributed by atoms with E-state index in [2.05, 4.69) is 14.4 Å². The van der Waals surface area contributed by atoms with Gasteiger partial charge in [0.2, 0.25) is 0 Å². The number of nitrogen functional groups attached to an aromatic ring is 1. The van der Waals surface area contributed by atoms with Gasteiger partial charge in [0.1, 0.15) is 4.90 Å². The van der Waals surface area contributed by atoms with Gasteiger partial charge in [0.15, 0.2) is 0 Å². The average molecular weight is 371 g/mol. The van der Waals surface area contributed by atoms with Crippen molar-refractivity contribution in [2.75, 3.05) is 12.8 Å². The zero-order valence-corrected chi connectivity index (χ0v) is 14.0. The van der Waals surface area contributed by atoms with Crippen molar-refractivity contribution < 1.29 is 25.6 Å². The van der Waals surface area contributed by atoms with E-state index in [-0.39, 0.29) is 16.3 Å². The number of hydrogen-bond donors (Lipinski definition) is 2. The Hall–Kier alpha value is -2.34. The van der Waals surface area contributed by atoms with Gasteiger partial charge < -0.3 is 5.73 Å². The highest BCUT2D eigenvalue weighted by Crippen LogP contribution is 2.26. The Kier molecular flexibility index (Phi) is 4.99. The molecule has 0 unspecified atom stereocenters. The van der Waals surface area contributed by atoms with Crippen LogP contribution in [0.15, 0.2) is 62.5 Å². The molecule has 0 aliphatic heterocycles. The van der Waals surface area contributed by atoms with E-state index in [1.807, 2.05) is 0 Å². The molecule has 24 heavy (non-hydrogen) atoms. The minimum absolute atomic E-state index is 0.0369. The molecule has 0 saturated carbocycles. The summed E-state index contributed by atoms with van der Waals surface area (Å²) in [6.45, 7) is 0. The Morgan fingerprint density at radius 2 is 1.50 bits per heavy atom. The summed E-state index contributed by atoms with van der Waals surface area (Å²) in [7, 11) is -7.21. The molecule has 2 aromatic carbocycles. The number of nitrogens with zero attached hydrogens (tertiary/aromatic N) is 2. The van der Waals surface area contributed by atoms with Gasteiger partial charge in [-0.15, -0.1) is 0 Å². The summed E-state index contributed by atoms with van der Waals surface area (Å²) in [5.74, 6) is 0. The van der Waals surface area contributed by atoms with E-state index in [1.165, 1.54) is 36.4 Å². The van der Waals surface area contributed by atoms with Gasteiger partial charge in [-0.2, -0.15) is 27.1 Å². The van der Waals surface area contributed by atoms with Crippen LogP contribution >= 0.6 is 0 Å². The quantitative estimate of drug-likeness (QED) is 0.354. The molecule has 2 rings (SSSR count). The molecule has 0 heterocycles. The lowest BCUT2D eigenvalue weighted by molar-refractivity contribution is 0.398. The molecule has 2 aromatic rings. The van der Waals surface area contributed by atoms with Crippen LogP contribution in [0.3, 0.4) is 0 Å². The number of nitrogens with two attached hydrogens (primary N) is 1. The van der Waals surface area contributed by atoms with Gasteiger partial charge in [-0.25, -0.2) is 0 Å². The van der Waals surface area contributed by atoms with Crippen LogP contribution in [0, 0.1) is 0 Å². The van der Waals surface area contributed by atoms with Crippen LogP contribution in [0.5, 0.6) is 0 Å². The van der Waals surface area contributed by atoms with Crippen LogP contribution in [0.25, 0.3) is 0 Å². The van der Waals surface area contributed by atoms with Crippen LogP contribution in [-0.4, -0.2) is 28.5 Å². The van der Waals surface area contributed by atoms with Crippen molar-refractivity contribution >= 4 is 37.3 Å². The van der Waals surface area contributed by atoms with Crippen molar-refractivity contribution in [2.24, 2.45) is 10.2 Å². The highest BCUT2D eigenvalue weighted by Gasteiger charge is 2.14. The molecule has 0 bridgehead atoms. The highest BCUT2D eigenvalue weighted by molar-refractivity contribution is 7.86. The van der Waals surface area contributed by atoms with Crippen LogP contribution in [0.4, 0.5) is 17.1 Å². The van der Waals surface area contributed by atoms with Gasteiger partial charge in [0, 0.05) is 0 Å². The average Bonchev–Trinajstić information content (AvgIpc) is 2.53. The molecule has 3 N–H and O–H groups in total. The summed E-state index contributed by atoms with van der Waals surface area (Å²) in [4.78, 5) is -0.509. The number of rotatable bonds is 5. The SMILES string of the molecule is COS(=O)(=O)c1ccc(N=Nc2ccc(N)c(S(=O)(=O)O)c2)cc1. The van der Waals surface area contributed by atoms with Gasteiger partial charge in [-0.1, -0.05) is 0 Å². The molecule has 0 radical (unpaired) electrons. The van der Waals surface area contributed by atoms with Gasteiger partial charge in [0.05, 0.1) is 29.1 Å². The second-order valence-electron chi connectivity index (χ2n) is 4.51. The molecule has 128 valence electrons. The number of anilines is 1. The van der Waals surface area contributed by atoms with E-state index in [0.717, 1.165) is 13.2 Å². The largest absolute Gasteiger partial charge is 0.398 e. The minimum atomic E-state index is -4.47. The minimum Gasteiger partial charge on any atom is -0.398 e. The van der Waals surface area contributed by atoms with Crippen molar-refractivity contribution in [1.29, 1.82) is 0 Å². The molecule has 11 heteroatoms. The van der Waals surface area contributed by atoms with E-state index < -0.39 is 25.1 Å². The number of benzene rings is 2. The molecular formula is C13H13N3O6S2. The third-order valence-corrected chi connectivity index (χ3v) is 5.10. The molecule has 0 saturated heterocycles. The third-order valence-electron chi connectivity index (χ3n) is 2.90. The third kappa shape index (κ3) is 4.14. The van der Waals surface area contributed by atoms with Gasteiger partial charge in [0.25, 0.3) is 20.2 Å². The fourth-order valence-electron chi connectivity index (χ4n) is 1.70. The van der Waals surface area contributed by atoms with Crippen molar-refractivity contribution in [3.63, 3.8) is 0 Å². The predicted molar refractivity (Wildman–Crippen MR) is 85.5 cm³/mol. The second-order valence-corrected chi connectivity index (χ2v) is 7.61. The first kappa shape index (κ1) is 18.0. The Morgan fingerprint density at radius 3 is 2.04 bits per heavy atom. The first-order chi connectivity index (χ1) is 11.1. The molecule has 0 aromatic heterocycles. The van der Waals surface area contributed by atoms with Gasteiger partial charge in [-0.3, -0.25) is 8.74 Å². The van der Waals surface area contributed by atoms with E-state index in [9.17, 15) is 16.8 Å². The summed E-state index contributed by atoms with van der Waals surface area (Å²) in [6.07, 6.45) is 0. The van der Waals surface area contributed by atoms with Crippen LogP contribution in [0.1, 0.15) is 0 Å². The number of azo groups is 1. The van der Waals surface area contributed by atoms with Crippen LogP contribution in [0.2, 0.25) is 0 Å². The topological polar surface area (TPSA) is 148 Å². The summed E-state index contributed by atoms with van der Waals surface area (Å²) < 4.78 is 58.8. The van der Waals surface area contributed by atoms with Crippen molar-refractivity contribution in [3.05, 3.63) is 42.5 Å². The van der Waals surface area contributed by atoms with Gasteiger partial charge >= 0.3 is 0 Å². The number of hydrogen-bond acceptors (Lipinski definition) is 8. The maximum atomic E-state index is 11.5.